The maximum Gasteiger partial charge on any atom is 0.142 e. The van der Waals surface area contributed by atoms with Crippen LogP contribution in [0, 0.1) is 9.39 Å². The van der Waals surface area contributed by atoms with Crippen LogP contribution in [0.3, 0.4) is 0 Å². The van der Waals surface area contributed by atoms with Crippen molar-refractivity contribution < 1.29 is 4.39 Å². The Balaban J connectivity index is 2.26. The van der Waals surface area contributed by atoms with E-state index in [1.54, 1.807) is 6.07 Å². The van der Waals surface area contributed by atoms with E-state index >= 15 is 0 Å². The summed E-state index contributed by atoms with van der Waals surface area (Å²) in [5, 5.41) is 3.47. The molecular formula is C15H14ClFIN. The van der Waals surface area contributed by atoms with Crippen molar-refractivity contribution in [1.82, 2.24) is 5.32 Å². The molecule has 2 aromatic carbocycles. The van der Waals surface area contributed by atoms with Crippen molar-refractivity contribution in [1.29, 1.82) is 0 Å². The zero-order valence-electron chi connectivity index (χ0n) is 10.5. The lowest BCUT2D eigenvalue weighted by atomic mass is 9.99. The summed E-state index contributed by atoms with van der Waals surface area (Å²) in [5.74, 6) is -0.364. The van der Waals surface area contributed by atoms with E-state index < -0.39 is 0 Å². The van der Waals surface area contributed by atoms with Crippen LogP contribution in [0.15, 0.2) is 42.5 Å². The molecule has 0 aliphatic rings. The van der Waals surface area contributed by atoms with Crippen LogP contribution in [0.25, 0.3) is 0 Å². The fourth-order valence-electron chi connectivity index (χ4n) is 2.04. The van der Waals surface area contributed by atoms with Crippen LogP contribution in [0.5, 0.6) is 0 Å². The maximum absolute atomic E-state index is 13.4. The van der Waals surface area contributed by atoms with Gasteiger partial charge in [-0.05, 0) is 65.4 Å². The minimum atomic E-state index is -0.364. The molecule has 2 rings (SSSR count). The molecular weight excluding hydrogens is 376 g/mol. The molecule has 19 heavy (non-hydrogen) atoms. The topological polar surface area (TPSA) is 12.0 Å². The first-order valence-corrected chi connectivity index (χ1v) is 7.43. The van der Waals surface area contributed by atoms with E-state index in [1.165, 1.54) is 15.2 Å². The van der Waals surface area contributed by atoms with Crippen LogP contribution >= 0.6 is 34.2 Å². The Morgan fingerprint density at radius 1 is 1.26 bits per heavy atom. The average molecular weight is 390 g/mol. The fourth-order valence-corrected chi connectivity index (χ4v) is 2.81. The van der Waals surface area contributed by atoms with Crippen molar-refractivity contribution in [2.45, 2.75) is 12.5 Å². The Hall–Kier alpha value is -0.650. The van der Waals surface area contributed by atoms with Crippen molar-refractivity contribution in [2.75, 3.05) is 7.05 Å². The fraction of sp³-hybridized carbons (Fsp3) is 0.200. The molecule has 1 atom stereocenters. The third kappa shape index (κ3) is 3.68. The zero-order chi connectivity index (χ0) is 13.8. The van der Waals surface area contributed by atoms with Crippen LogP contribution in [0.1, 0.15) is 17.2 Å². The first kappa shape index (κ1) is 14.8. The number of nitrogens with one attached hydrogen (secondary N) is 1. The lowest BCUT2D eigenvalue weighted by Crippen LogP contribution is -2.19. The third-order valence-corrected chi connectivity index (χ3v) is 4.15. The average Bonchev–Trinajstić information content (AvgIpc) is 2.40. The van der Waals surface area contributed by atoms with Crippen LogP contribution in [-0.4, -0.2) is 7.05 Å². The van der Waals surface area contributed by atoms with Crippen LogP contribution in [0.4, 0.5) is 4.39 Å². The molecule has 1 N–H and O–H groups in total. The van der Waals surface area contributed by atoms with Crippen molar-refractivity contribution in [3.63, 3.8) is 0 Å². The Morgan fingerprint density at radius 2 is 2.00 bits per heavy atom. The second-order valence-corrected chi connectivity index (χ2v) is 5.94. The molecule has 1 nitrogen and oxygen atoms in total. The normalized spacial score (nSPS) is 12.4. The Bertz CT molecular complexity index is 574. The highest BCUT2D eigenvalue weighted by molar-refractivity contribution is 14.1. The van der Waals surface area contributed by atoms with Crippen molar-refractivity contribution in [3.05, 3.63) is 68.0 Å². The van der Waals surface area contributed by atoms with E-state index in [9.17, 15) is 4.39 Å². The van der Waals surface area contributed by atoms with Crippen LogP contribution in [-0.2, 0) is 6.42 Å². The van der Waals surface area contributed by atoms with Gasteiger partial charge in [0.05, 0.1) is 5.02 Å². The van der Waals surface area contributed by atoms with E-state index in [1.807, 2.05) is 25.2 Å². The third-order valence-electron chi connectivity index (χ3n) is 3.06. The smallest absolute Gasteiger partial charge is 0.142 e. The van der Waals surface area contributed by atoms with Gasteiger partial charge in [-0.15, -0.1) is 0 Å². The summed E-state index contributed by atoms with van der Waals surface area (Å²) >= 11 is 8.29. The number of benzene rings is 2. The van der Waals surface area contributed by atoms with Gasteiger partial charge in [-0.1, -0.05) is 35.9 Å². The predicted molar refractivity (Wildman–Crippen MR) is 86.1 cm³/mol. The van der Waals surface area contributed by atoms with Crippen molar-refractivity contribution >= 4 is 34.2 Å². The van der Waals surface area contributed by atoms with Crippen molar-refractivity contribution in [2.24, 2.45) is 0 Å². The summed E-state index contributed by atoms with van der Waals surface area (Å²) in [6.45, 7) is 0. The Kier molecular flexibility index (Phi) is 5.19. The maximum atomic E-state index is 13.4. The van der Waals surface area contributed by atoms with E-state index in [2.05, 4.69) is 40.0 Å². The molecule has 0 spiro atoms. The first-order chi connectivity index (χ1) is 9.11. The highest BCUT2D eigenvalue weighted by atomic mass is 127. The van der Waals surface area contributed by atoms with Gasteiger partial charge in [-0.3, -0.25) is 0 Å². The highest BCUT2D eigenvalue weighted by Crippen LogP contribution is 2.26. The van der Waals surface area contributed by atoms with Gasteiger partial charge < -0.3 is 5.32 Å². The molecule has 0 saturated carbocycles. The van der Waals surface area contributed by atoms with Crippen molar-refractivity contribution in [3.8, 4) is 0 Å². The lowest BCUT2D eigenvalue weighted by Gasteiger charge is -2.18. The molecule has 0 heterocycles. The van der Waals surface area contributed by atoms with E-state index in [4.69, 9.17) is 11.6 Å². The van der Waals surface area contributed by atoms with Gasteiger partial charge in [0.25, 0.3) is 0 Å². The number of hydrogen-bond acceptors (Lipinski definition) is 1. The Morgan fingerprint density at radius 3 is 2.68 bits per heavy atom. The second-order valence-electron chi connectivity index (χ2n) is 4.31. The van der Waals surface area contributed by atoms with Gasteiger partial charge in [0.1, 0.15) is 5.82 Å². The standard InChI is InChI=1S/C15H14ClFIN/c1-19-14(10-4-2-6-12(18)8-10)9-11-5-3-7-13(17)15(11)16/h2-8,14,19H,9H2,1H3. The summed E-state index contributed by atoms with van der Waals surface area (Å²) in [5.41, 5.74) is 2.00. The molecule has 4 heteroatoms. The first-order valence-electron chi connectivity index (χ1n) is 5.97. The number of halogens is 3. The van der Waals surface area contributed by atoms with Gasteiger partial charge >= 0.3 is 0 Å². The molecule has 0 fully saturated rings. The SMILES string of the molecule is CNC(Cc1cccc(F)c1Cl)c1cccc(I)c1. The minimum absolute atomic E-state index is 0.119. The van der Waals surface area contributed by atoms with E-state index in [-0.39, 0.29) is 16.9 Å². The van der Waals surface area contributed by atoms with E-state index in [0.717, 1.165) is 5.56 Å². The van der Waals surface area contributed by atoms with Crippen LogP contribution < -0.4 is 5.32 Å². The van der Waals surface area contributed by atoms with Crippen LogP contribution in [0.2, 0.25) is 5.02 Å². The molecule has 0 aromatic heterocycles. The van der Waals surface area contributed by atoms with Gasteiger partial charge in [-0.2, -0.15) is 0 Å². The summed E-state index contributed by atoms with van der Waals surface area (Å²) in [6.07, 6.45) is 0.660. The summed E-state index contributed by atoms with van der Waals surface area (Å²) in [4.78, 5) is 0. The Labute approximate surface area is 131 Å². The summed E-state index contributed by atoms with van der Waals surface area (Å²) in [6, 6.07) is 13.3. The molecule has 2 aromatic rings. The molecule has 1 unspecified atom stereocenters. The zero-order valence-corrected chi connectivity index (χ0v) is 13.4. The number of likely N-dealkylation sites (N-methyl/N-ethyl adjacent to an activating group) is 1. The molecule has 0 saturated heterocycles. The molecule has 0 bridgehead atoms. The minimum Gasteiger partial charge on any atom is -0.313 e. The van der Waals surface area contributed by atoms with Gasteiger partial charge in [0.2, 0.25) is 0 Å². The summed E-state index contributed by atoms with van der Waals surface area (Å²) in [7, 11) is 1.90. The largest absolute Gasteiger partial charge is 0.313 e. The molecule has 0 amide bonds. The predicted octanol–water partition coefficient (Wildman–Crippen LogP) is 4.59. The molecule has 0 aliphatic carbocycles. The van der Waals surface area contributed by atoms with Gasteiger partial charge in [-0.25, -0.2) is 4.39 Å². The number of hydrogen-bond donors (Lipinski definition) is 1. The monoisotopic (exact) mass is 389 g/mol. The molecule has 100 valence electrons. The summed E-state index contributed by atoms with van der Waals surface area (Å²) < 4.78 is 14.6. The lowest BCUT2D eigenvalue weighted by molar-refractivity contribution is 0.584. The number of rotatable bonds is 4. The van der Waals surface area contributed by atoms with E-state index in [0.29, 0.717) is 6.42 Å². The highest BCUT2D eigenvalue weighted by Gasteiger charge is 2.14. The van der Waals surface area contributed by atoms with Gasteiger partial charge in [0.15, 0.2) is 0 Å². The van der Waals surface area contributed by atoms with Gasteiger partial charge in [0, 0.05) is 9.61 Å². The second kappa shape index (κ2) is 6.68. The quantitative estimate of drug-likeness (QED) is 0.754. The molecule has 0 radical (unpaired) electrons. The molecule has 0 aliphatic heterocycles.